The number of rotatable bonds is 3. The Morgan fingerprint density at radius 3 is 2.60 bits per heavy atom. The third-order valence-electron chi connectivity index (χ3n) is 2.99. The molecule has 2 aliphatic rings. The largest absolute Gasteiger partial charge is 0.458 e. The summed E-state index contributed by atoms with van der Waals surface area (Å²) >= 11 is 1.30. The maximum absolute atomic E-state index is 12.2. The summed E-state index contributed by atoms with van der Waals surface area (Å²) in [5.74, 6) is -0.891. The fourth-order valence-electron chi connectivity index (χ4n) is 2.16. The quantitative estimate of drug-likeness (QED) is 0.434. The maximum atomic E-state index is 12.2. The van der Waals surface area contributed by atoms with Crippen LogP contribution < -0.4 is 0 Å². The van der Waals surface area contributed by atoms with Crippen molar-refractivity contribution in [3.63, 3.8) is 0 Å². The van der Waals surface area contributed by atoms with E-state index in [1.807, 2.05) is 0 Å². The highest BCUT2D eigenvalue weighted by Gasteiger charge is 2.56. The van der Waals surface area contributed by atoms with E-state index in [-0.39, 0.29) is 16.9 Å². The number of hydrogen-bond donors (Lipinski definition) is 0. The molecule has 7 heteroatoms. The number of aldehydes is 1. The van der Waals surface area contributed by atoms with Crippen LogP contribution in [0, 0.1) is 0 Å². The molecular formula is C13H17NO5S. The number of fused-ring (bicyclic) bond motifs is 1. The molecular weight excluding hydrogens is 282 g/mol. The second kappa shape index (κ2) is 5.21. The highest BCUT2D eigenvalue weighted by atomic mass is 32.2. The van der Waals surface area contributed by atoms with E-state index in [4.69, 9.17) is 9.47 Å². The lowest BCUT2D eigenvalue weighted by atomic mass is 10.00. The third-order valence-corrected chi connectivity index (χ3v) is 4.15. The Kier molecular flexibility index (Phi) is 3.93. The van der Waals surface area contributed by atoms with E-state index in [0.29, 0.717) is 6.29 Å². The number of hydrogen-bond acceptors (Lipinski definition) is 6. The minimum Gasteiger partial charge on any atom is -0.458 e. The topological polar surface area (TPSA) is 72.9 Å². The number of thioether (sulfide) groups is 1. The standard InChI is InChI=1S/C13H17NO5S/c1-13(2,3)19-12(17)8-7(5-15)6-20-11-9(18-4)10(16)14(8)11/h5-6,8-9,11H,1-4H3. The first kappa shape index (κ1) is 15.1. The van der Waals surface area contributed by atoms with E-state index in [0.717, 1.165) is 0 Å². The van der Waals surface area contributed by atoms with Crippen molar-refractivity contribution in [1.82, 2.24) is 4.90 Å². The lowest BCUT2D eigenvalue weighted by Gasteiger charge is -2.50. The van der Waals surface area contributed by atoms with Gasteiger partial charge >= 0.3 is 5.97 Å². The number of ether oxygens (including phenoxy) is 2. The van der Waals surface area contributed by atoms with Crippen molar-refractivity contribution in [2.24, 2.45) is 0 Å². The minimum atomic E-state index is -0.975. The van der Waals surface area contributed by atoms with E-state index in [9.17, 15) is 14.4 Å². The molecule has 0 bridgehead atoms. The van der Waals surface area contributed by atoms with Gasteiger partial charge in [-0.25, -0.2) is 4.79 Å². The number of carbonyl (C=O) groups is 3. The lowest BCUT2D eigenvalue weighted by molar-refractivity contribution is -0.178. The van der Waals surface area contributed by atoms with Crippen molar-refractivity contribution in [3.8, 4) is 0 Å². The van der Waals surface area contributed by atoms with Crippen LogP contribution >= 0.6 is 11.8 Å². The molecule has 2 rings (SSSR count). The molecule has 20 heavy (non-hydrogen) atoms. The highest BCUT2D eigenvalue weighted by molar-refractivity contribution is 8.03. The minimum absolute atomic E-state index is 0.239. The molecule has 0 aromatic carbocycles. The summed E-state index contributed by atoms with van der Waals surface area (Å²) in [6.07, 6.45) is 0.0139. The van der Waals surface area contributed by atoms with Crippen molar-refractivity contribution in [2.75, 3.05) is 7.11 Å². The fraction of sp³-hybridized carbons (Fsp3) is 0.615. The van der Waals surface area contributed by atoms with Crippen molar-refractivity contribution in [1.29, 1.82) is 0 Å². The van der Waals surface area contributed by atoms with Crippen LogP contribution in [0.3, 0.4) is 0 Å². The Labute approximate surface area is 121 Å². The second-order valence-corrected chi connectivity index (χ2v) is 6.59. The Bertz CT molecular complexity index is 482. The van der Waals surface area contributed by atoms with Crippen LogP contribution in [0.15, 0.2) is 11.0 Å². The number of β-lactam (4-membered cyclic amide) rings is 1. The molecule has 0 aliphatic carbocycles. The average molecular weight is 299 g/mol. The molecule has 110 valence electrons. The molecule has 6 nitrogen and oxygen atoms in total. The van der Waals surface area contributed by atoms with Gasteiger partial charge in [-0.05, 0) is 26.2 Å². The smallest absolute Gasteiger partial charge is 0.334 e. The van der Waals surface area contributed by atoms with Gasteiger partial charge in [0.15, 0.2) is 12.1 Å². The van der Waals surface area contributed by atoms with E-state index in [2.05, 4.69) is 0 Å². The van der Waals surface area contributed by atoms with Crippen LogP contribution in [-0.2, 0) is 23.9 Å². The van der Waals surface area contributed by atoms with E-state index in [1.165, 1.54) is 23.8 Å². The van der Waals surface area contributed by atoms with Crippen molar-refractivity contribution < 1.29 is 23.9 Å². The molecule has 0 aromatic heterocycles. The molecule has 1 fully saturated rings. The van der Waals surface area contributed by atoms with Crippen LogP contribution in [0.25, 0.3) is 0 Å². The summed E-state index contributed by atoms with van der Waals surface area (Å²) in [7, 11) is 1.45. The summed E-state index contributed by atoms with van der Waals surface area (Å²) in [6.45, 7) is 5.21. The van der Waals surface area contributed by atoms with Gasteiger partial charge < -0.3 is 14.4 Å². The predicted octanol–water partition coefficient (Wildman–Crippen LogP) is 0.710. The van der Waals surface area contributed by atoms with Crippen molar-refractivity contribution in [3.05, 3.63) is 11.0 Å². The van der Waals surface area contributed by atoms with Crippen LogP contribution in [0.1, 0.15) is 20.8 Å². The monoisotopic (exact) mass is 299 g/mol. The molecule has 3 atom stereocenters. The molecule has 0 radical (unpaired) electrons. The van der Waals surface area contributed by atoms with Gasteiger partial charge in [0, 0.05) is 12.7 Å². The molecule has 2 heterocycles. The number of nitrogens with zero attached hydrogens (tertiary/aromatic N) is 1. The van der Waals surface area contributed by atoms with Gasteiger partial charge in [0.1, 0.15) is 17.3 Å². The number of esters is 1. The summed E-state index contributed by atoms with van der Waals surface area (Å²) in [5.41, 5.74) is -0.442. The van der Waals surface area contributed by atoms with Crippen molar-refractivity contribution >= 4 is 29.9 Å². The number of amides is 1. The first-order valence-corrected chi connectivity index (χ1v) is 7.13. The zero-order valence-electron chi connectivity index (χ0n) is 11.8. The fourth-order valence-corrected chi connectivity index (χ4v) is 3.37. The third kappa shape index (κ3) is 2.47. The summed E-state index contributed by atoms with van der Waals surface area (Å²) < 4.78 is 10.4. The molecule has 1 saturated heterocycles. The summed E-state index contributed by atoms with van der Waals surface area (Å²) in [6, 6.07) is -0.975. The first-order valence-electron chi connectivity index (χ1n) is 6.18. The molecule has 0 N–H and O–H groups in total. The molecule has 3 unspecified atom stereocenters. The van der Waals surface area contributed by atoms with Gasteiger partial charge in [-0.2, -0.15) is 0 Å². The molecule has 0 saturated carbocycles. The number of methoxy groups -OCH3 is 1. The van der Waals surface area contributed by atoms with Gasteiger partial charge in [0.05, 0.1) is 0 Å². The first-order chi connectivity index (χ1) is 9.30. The van der Waals surface area contributed by atoms with Gasteiger partial charge in [-0.3, -0.25) is 9.59 Å². The Morgan fingerprint density at radius 1 is 1.45 bits per heavy atom. The van der Waals surface area contributed by atoms with Gasteiger partial charge in [-0.15, -0.1) is 11.8 Å². The van der Waals surface area contributed by atoms with Gasteiger partial charge in [0.2, 0.25) is 0 Å². The van der Waals surface area contributed by atoms with E-state index < -0.39 is 23.7 Å². The van der Waals surface area contributed by atoms with E-state index >= 15 is 0 Å². The zero-order valence-corrected chi connectivity index (χ0v) is 12.6. The molecule has 0 spiro atoms. The van der Waals surface area contributed by atoms with Crippen LogP contribution in [0.2, 0.25) is 0 Å². The average Bonchev–Trinajstić information content (AvgIpc) is 2.35. The SMILES string of the molecule is COC1C(=O)N2C(C(=O)OC(C)(C)C)C(C=O)=CSC12. The normalized spacial score (nSPS) is 29.2. The maximum Gasteiger partial charge on any atom is 0.334 e. The molecule has 1 amide bonds. The Balaban J connectivity index is 2.26. The van der Waals surface area contributed by atoms with Crippen LogP contribution in [-0.4, -0.2) is 53.3 Å². The Hall–Kier alpha value is -1.34. The van der Waals surface area contributed by atoms with E-state index in [1.54, 1.807) is 26.2 Å². The van der Waals surface area contributed by atoms with Gasteiger partial charge in [-0.1, -0.05) is 0 Å². The van der Waals surface area contributed by atoms with Gasteiger partial charge in [0.25, 0.3) is 5.91 Å². The highest BCUT2D eigenvalue weighted by Crippen LogP contribution is 2.41. The summed E-state index contributed by atoms with van der Waals surface area (Å²) in [4.78, 5) is 36.7. The lowest BCUT2D eigenvalue weighted by Crippen LogP contribution is -2.70. The Morgan fingerprint density at radius 2 is 2.10 bits per heavy atom. The molecule has 2 aliphatic heterocycles. The predicted molar refractivity (Wildman–Crippen MR) is 72.8 cm³/mol. The molecule has 0 aromatic rings. The number of carbonyl (C=O) groups excluding carboxylic acids is 3. The van der Waals surface area contributed by atoms with Crippen LogP contribution in [0.5, 0.6) is 0 Å². The summed E-state index contributed by atoms with van der Waals surface area (Å²) in [5, 5.41) is 1.31. The van der Waals surface area contributed by atoms with Crippen LogP contribution in [0.4, 0.5) is 0 Å². The second-order valence-electron chi connectivity index (χ2n) is 5.60. The van der Waals surface area contributed by atoms with Crippen molar-refractivity contribution in [2.45, 2.75) is 43.9 Å². The zero-order chi connectivity index (χ0) is 15.1.